The number of halogens is 1. The molecule has 148 valence electrons. The quantitative estimate of drug-likeness (QED) is 0.754. The van der Waals surface area contributed by atoms with Gasteiger partial charge in [0, 0.05) is 12.2 Å². The van der Waals surface area contributed by atoms with Gasteiger partial charge in [0.25, 0.3) is 5.91 Å². The summed E-state index contributed by atoms with van der Waals surface area (Å²) in [5, 5.41) is 6.00. The summed E-state index contributed by atoms with van der Waals surface area (Å²) in [7, 11) is 1.62. The predicted octanol–water partition coefficient (Wildman–Crippen LogP) is 4.40. The summed E-state index contributed by atoms with van der Waals surface area (Å²) in [5.74, 6) is 0.443. The monoisotopic (exact) mass is 400 g/mol. The summed E-state index contributed by atoms with van der Waals surface area (Å²) in [5.41, 5.74) is 1.15. The van der Waals surface area contributed by atoms with Gasteiger partial charge in [-0.3, -0.25) is 9.59 Å². The number of amides is 2. The van der Waals surface area contributed by atoms with Crippen molar-refractivity contribution in [1.29, 1.82) is 0 Å². The van der Waals surface area contributed by atoms with Crippen molar-refractivity contribution in [2.45, 2.75) is 32.6 Å². The van der Waals surface area contributed by atoms with Crippen LogP contribution in [-0.4, -0.2) is 25.5 Å². The van der Waals surface area contributed by atoms with Crippen LogP contribution in [0.5, 0.6) is 5.75 Å². The van der Waals surface area contributed by atoms with Crippen LogP contribution < -0.4 is 15.4 Å². The van der Waals surface area contributed by atoms with Gasteiger partial charge in [0.05, 0.1) is 23.1 Å². The lowest BCUT2D eigenvalue weighted by Gasteiger charge is -2.21. The van der Waals surface area contributed by atoms with Gasteiger partial charge in [0.2, 0.25) is 5.91 Å². The van der Waals surface area contributed by atoms with Crippen molar-refractivity contribution in [2.75, 3.05) is 19.0 Å². The standard InChI is InChI=1S/C22H25ClN2O3/c1-5-24-19(26)17-11-8-15(12-18(17)23)25-20(27)22(13-21(22,2)3)14-6-9-16(28-4)10-7-14/h6-12H,5,13H2,1-4H3,(H,24,26)(H,25,27). The van der Waals surface area contributed by atoms with Gasteiger partial charge in [-0.2, -0.15) is 0 Å². The van der Waals surface area contributed by atoms with Crippen molar-refractivity contribution in [3.05, 3.63) is 58.6 Å². The van der Waals surface area contributed by atoms with Crippen LogP contribution in [0.25, 0.3) is 0 Å². The van der Waals surface area contributed by atoms with E-state index in [1.807, 2.05) is 31.2 Å². The normalized spacial score (nSPS) is 19.6. The van der Waals surface area contributed by atoms with E-state index < -0.39 is 5.41 Å². The summed E-state index contributed by atoms with van der Waals surface area (Å²) in [6.45, 7) is 6.54. The largest absolute Gasteiger partial charge is 0.497 e. The number of carbonyl (C=O) groups is 2. The Morgan fingerprint density at radius 1 is 1.14 bits per heavy atom. The molecule has 3 rings (SSSR count). The lowest BCUT2D eigenvalue weighted by Crippen LogP contribution is -2.32. The number of nitrogens with one attached hydrogen (secondary N) is 2. The third kappa shape index (κ3) is 3.47. The van der Waals surface area contributed by atoms with Crippen LogP contribution in [0.2, 0.25) is 5.02 Å². The second-order valence-corrected chi connectivity index (χ2v) is 8.11. The first-order valence-electron chi connectivity index (χ1n) is 9.29. The first-order valence-corrected chi connectivity index (χ1v) is 9.66. The van der Waals surface area contributed by atoms with Gasteiger partial charge >= 0.3 is 0 Å². The average molecular weight is 401 g/mol. The molecule has 1 fully saturated rings. The molecule has 1 atom stereocenters. The van der Waals surface area contributed by atoms with Crippen LogP contribution in [0.3, 0.4) is 0 Å². The maximum atomic E-state index is 13.2. The van der Waals surface area contributed by atoms with Crippen LogP contribution in [0.1, 0.15) is 43.1 Å². The van der Waals surface area contributed by atoms with E-state index in [2.05, 4.69) is 24.5 Å². The Hall–Kier alpha value is -2.53. The molecule has 1 saturated carbocycles. The van der Waals surface area contributed by atoms with Crippen molar-refractivity contribution in [2.24, 2.45) is 5.41 Å². The summed E-state index contributed by atoms with van der Waals surface area (Å²) in [6.07, 6.45) is 0.753. The molecule has 0 radical (unpaired) electrons. The zero-order valence-electron chi connectivity index (χ0n) is 16.6. The minimum atomic E-state index is -0.607. The van der Waals surface area contributed by atoms with Crippen LogP contribution in [0, 0.1) is 5.41 Å². The summed E-state index contributed by atoms with van der Waals surface area (Å²) < 4.78 is 5.22. The fourth-order valence-corrected chi connectivity index (χ4v) is 4.04. The first kappa shape index (κ1) is 20.2. The van der Waals surface area contributed by atoms with E-state index in [-0.39, 0.29) is 17.2 Å². The Kier molecular flexibility index (Phi) is 5.39. The third-order valence-electron chi connectivity index (χ3n) is 5.52. The molecule has 1 aliphatic rings. The van der Waals surface area contributed by atoms with E-state index in [1.54, 1.807) is 25.3 Å². The minimum absolute atomic E-state index is 0.0792. The van der Waals surface area contributed by atoms with Gasteiger partial charge in [-0.1, -0.05) is 37.6 Å². The summed E-state index contributed by atoms with van der Waals surface area (Å²) in [6, 6.07) is 12.6. The van der Waals surface area contributed by atoms with Crippen LogP contribution in [-0.2, 0) is 10.2 Å². The van der Waals surface area contributed by atoms with Gasteiger partial charge in [0.15, 0.2) is 0 Å². The molecular formula is C22H25ClN2O3. The highest BCUT2D eigenvalue weighted by Gasteiger charge is 2.67. The number of ether oxygens (including phenoxy) is 1. The molecule has 2 aromatic carbocycles. The molecule has 0 saturated heterocycles. The van der Waals surface area contributed by atoms with Crippen molar-refractivity contribution in [3.8, 4) is 5.75 Å². The average Bonchev–Trinajstić information content (AvgIpc) is 3.25. The molecule has 5 nitrogen and oxygen atoms in total. The molecule has 2 N–H and O–H groups in total. The fraction of sp³-hybridized carbons (Fsp3) is 0.364. The Morgan fingerprint density at radius 3 is 2.29 bits per heavy atom. The highest BCUT2D eigenvalue weighted by molar-refractivity contribution is 6.34. The van der Waals surface area contributed by atoms with Gasteiger partial charge in [-0.05, 0) is 54.7 Å². The topological polar surface area (TPSA) is 67.4 Å². The lowest BCUT2D eigenvalue weighted by molar-refractivity contribution is -0.119. The van der Waals surface area contributed by atoms with E-state index in [4.69, 9.17) is 16.3 Å². The number of benzene rings is 2. The fourth-order valence-electron chi connectivity index (χ4n) is 3.78. The molecular weight excluding hydrogens is 376 g/mol. The van der Waals surface area contributed by atoms with Crippen LogP contribution in [0.4, 0.5) is 5.69 Å². The van der Waals surface area contributed by atoms with Gasteiger partial charge < -0.3 is 15.4 Å². The molecule has 2 amide bonds. The maximum absolute atomic E-state index is 13.2. The Morgan fingerprint density at radius 2 is 1.79 bits per heavy atom. The number of hydrogen-bond acceptors (Lipinski definition) is 3. The molecule has 1 aliphatic carbocycles. The molecule has 0 aromatic heterocycles. The number of methoxy groups -OCH3 is 1. The molecule has 0 heterocycles. The van der Waals surface area contributed by atoms with Crippen molar-refractivity contribution >= 4 is 29.1 Å². The number of rotatable bonds is 6. The Labute approximate surface area is 170 Å². The van der Waals surface area contributed by atoms with Crippen molar-refractivity contribution in [1.82, 2.24) is 5.32 Å². The maximum Gasteiger partial charge on any atom is 0.252 e. The van der Waals surface area contributed by atoms with E-state index >= 15 is 0 Å². The SMILES string of the molecule is CCNC(=O)c1ccc(NC(=O)C2(c3ccc(OC)cc3)CC2(C)C)cc1Cl. The first-order chi connectivity index (χ1) is 13.2. The zero-order chi connectivity index (χ0) is 20.5. The third-order valence-corrected chi connectivity index (χ3v) is 5.83. The Bertz CT molecular complexity index is 908. The zero-order valence-corrected chi connectivity index (χ0v) is 17.3. The molecule has 28 heavy (non-hydrogen) atoms. The van der Waals surface area contributed by atoms with Gasteiger partial charge in [0.1, 0.15) is 5.75 Å². The number of hydrogen-bond donors (Lipinski definition) is 2. The molecule has 1 unspecified atom stereocenters. The molecule has 6 heteroatoms. The van der Waals surface area contributed by atoms with Crippen LogP contribution >= 0.6 is 11.6 Å². The molecule has 0 spiro atoms. The second kappa shape index (κ2) is 7.47. The lowest BCUT2D eigenvalue weighted by atomic mass is 9.87. The predicted molar refractivity (Wildman–Crippen MR) is 111 cm³/mol. The minimum Gasteiger partial charge on any atom is -0.497 e. The van der Waals surface area contributed by atoms with Crippen molar-refractivity contribution < 1.29 is 14.3 Å². The highest BCUT2D eigenvalue weighted by atomic mass is 35.5. The van der Waals surface area contributed by atoms with E-state index in [1.165, 1.54) is 0 Å². The Balaban J connectivity index is 1.84. The van der Waals surface area contributed by atoms with E-state index in [0.717, 1.165) is 17.7 Å². The second-order valence-electron chi connectivity index (χ2n) is 7.70. The number of carbonyl (C=O) groups excluding carboxylic acids is 2. The van der Waals surface area contributed by atoms with Crippen molar-refractivity contribution in [3.63, 3.8) is 0 Å². The van der Waals surface area contributed by atoms with Gasteiger partial charge in [-0.15, -0.1) is 0 Å². The molecule has 0 aliphatic heterocycles. The smallest absolute Gasteiger partial charge is 0.252 e. The summed E-state index contributed by atoms with van der Waals surface area (Å²) in [4.78, 5) is 25.2. The molecule has 2 aromatic rings. The van der Waals surface area contributed by atoms with E-state index in [9.17, 15) is 9.59 Å². The highest BCUT2D eigenvalue weighted by Crippen LogP contribution is 2.64. The van der Waals surface area contributed by atoms with E-state index in [0.29, 0.717) is 22.8 Å². The van der Waals surface area contributed by atoms with Gasteiger partial charge in [-0.25, -0.2) is 0 Å². The molecule has 0 bridgehead atoms. The summed E-state index contributed by atoms with van der Waals surface area (Å²) >= 11 is 6.25. The van der Waals surface area contributed by atoms with Crippen LogP contribution in [0.15, 0.2) is 42.5 Å². The number of anilines is 1.